The molecular formula is C14H17N5O. The predicted molar refractivity (Wildman–Crippen MR) is 76.8 cm³/mol. The molecule has 0 spiro atoms. The van der Waals surface area contributed by atoms with Crippen molar-refractivity contribution in [3.05, 3.63) is 53.5 Å². The van der Waals surface area contributed by atoms with Gasteiger partial charge in [-0.2, -0.15) is 0 Å². The van der Waals surface area contributed by atoms with E-state index in [0.29, 0.717) is 18.1 Å². The van der Waals surface area contributed by atoms with E-state index in [1.807, 2.05) is 12.1 Å². The third kappa shape index (κ3) is 3.30. The number of carbonyl (C=O) groups excluding carboxylic acids is 1. The van der Waals surface area contributed by atoms with Gasteiger partial charge in [0, 0.05) is 6.20 Å². The van der Waals surface area contributed by atoms with Gasteiger partial charge >= 0.3 is 0 Å². The van der Waals surface area contributed by atoms with Crippen LogP contribution in [0.15, 0.2) is 36.5 Å². The van der Waals surface area contributed by atoms with E-state index in [9.17, 15) is 4.79 Å². The number of nitrogens with one attached hydrogen (secondary N) is 2. The average molecular weight is 271 g/mol. The molecule has 0 bridgehead atoms. The minimum Gasteiger partial charge on any atom is -0.345 e. The minimum atomic E-state index is -0.255. The molecular weight excluding hydrogens is 254 g/mol. The average Bonchev–Trinajstić information content (AvgIpc) is 2.52. The first-order chi connectivity index (χ1) is 9.74. The van der Waals surface area contributed by atoms with Crippen molar-refractivity contribution in [2.75, 3.05) is 5.43 Å². The van der Waals surface area contributed by atoms with Gasteiger partial charge in [-0.05, 0) is 30.2 Å². The van der Waals surface area contributed by atoms with Crippen LogP contribution >= 0.6 is 0 Å². The molecule has 0 aromatic carbocycles. The Morgan fingerprint density at radius 3 is 2.90 bits per heavy atom. The van der Waals surface area contributed by atoms with Crippen molar-refractivity contribution in [1.82, 2.24) is 15.3 Å². The van der Waals surface area contributed by atoms with Gasteiger partial charge in [-0.15, -0.1) is 0 Å². The van der Waals surface area contributed by atoms with E-state index in [1.165, 1.54) is 0 Å². The van der Waals surface area contributed by atoms with Gasteiger partial charge in [-0.1, -0.05) is 19.1 Å². The van der Waals surface area contributed by atoms with E-state index in [-0.39, 0.29) is 5.91 Å². The van der Waals surface area contributed by atoms with Crippen LogP contribution in [0.1, 0.15) is 28.7 Å². The zero-order valence-electron chi connectivity index (χ0n) is 11.3. The number of nitrogen functional groups attached to an aromatic ring is 1. The van der Waals surface area contributed by atoms with Crippen molar-refractivity contribution in [2.45, 2.75) is 19.9 Å². The van der Waals surface area contributed by atoms with Crippen molar-refractivity contribution in [1.29, 1.82) is 0 Å². The summed E-state index contributed by atoms with van der Waals surface area (Å²) in [6, 6.07) is 8.93. The predicted octanol–water partition coefficient (Wildman–Crippen LogP) is 1.25. The maximum atomic E-state index is 12.0. The first-order valence-electron chi connectivity index (χ1n) is 6.39. The lowest BCUT2D eigenvalue weighted by Gasteiger charge is -2.08. The highest BCUT2D eigenvalue weighted by molar-refractivity contribution is 5.92. The standard InChI is InChI=1S/C14H17N5O/c1-2-10-5-4-8-16-12(10)9-17-14(20)11-6-3-7-13(18-11)19-15/h3-8H,2,9,15H2,1H3,(H,17,20)(H,18,19). The number of amides is 1. The van der Waals surface area contributed by atoms with Gasteiger partial charge in [0.05, 0.1) is 12.2 Å². The summed E-state index contributed by atoms with van der Waals surface area (Å²) in [5.74, 6) is 5.46. The summed E-state index contributed by atoms with van der Waals surface area (Å²) in [4.78, 5) is 20.4. The summed E-state index contributed by atoms with van der Waals surface area (Å²) in [5, 5.41) is 2.81. The van der Waals surface area contributed by atoms with Crippen LogP contribution in [0.5, 0.6) is 0 Å². The van der Waals surface area contributed by atoms with Crippen LogP contribution in [0.3, 0.4) is 0 Å². The third-order valence-corrected chi connectivity index (χ3v) is 2.91. The van der Waals surface area contributed by atoms with E-state index in [0.717, 1.165) is 17.7 Å². The Balaban J connectivity index is 2.04. The maximum absolute atomic E-state index is 12.0. The van der Waals surface area contributed by atoms with Gasteiger partial charge in [0.1, 0.15) is 11.5 Å². The molecule has 0 unspecified atom stereocenters. The number of aryl methyl sites for hydroxylation is 1. The molecule has 0 fully saturated rings. The number of anilines is 1. The lowest BCUT2D eigenvalue weighted by atomic mass is 10.1. The Labute approximate surface area is 117 Å². The first kappa shape index (κ1) is 14.0. The number of hydrogen-bond donors (Lipinski definition) is 3. The molecule has 2 heterocycles. The van der Waals surface area contributed by atoms with E-state index < -0.39 is 0 Å². The van der Waals surface area contributed by atoms with Crippen LogP contribution in [0, 0.1) is 0 Å². The number of nitrogens with two attached hydrogens (primary N) is 1. The van der Waals surface area contributed by atoms with Crippen molar-refractivity contribution in [2.24, 2.45) is 5.84 Å². The fourth-order valence-electron chi connectivity index (χ4n) is 1.85. The Morgan fingerprint density at radius 2 is 2.15 bits per heavy atom. The van der Waals surface area contributed by atoms with Crippen LogP contribution in [0.4, 0.5) is 5.82 Å². The highest BCUT2D eigenvalue weighted by Crippen LogP contribution is 2.07. The molecule has 0 aliphatic carbocycles. The molecule has 0 aliphatic rings. The molecule has 6 nitrogen and oxygen atoms in total. The molecule has 1 amide bonds. The highest BCUT2D eigenvalue weighted by atomic mass is 16.1. The first-order valence-corrected chi connectivity index (χ1v) is 6.39. The van der Waals surface area contributed by atoms with Crippen LogP contribution in [-0.4, -0.2) is 15.9 Å². The van der Waals surface area contributed by atoms with Gasteiger partial charge < -0.3 is 10.7 Å². The largest absolute Gasteiger partial charge is 0.345 e. The van der Waals surface area contributed by atoms with Crippen molar-refractivity contribution < 1.29 is 4.79 Å². The number of rotatable bonds is 5. The molecule has 2 aromatic heterocycles. The summed E-state index contributed by atoms with van der Waals surface area (Å²) in [7, 11) is 0. The molecule has 20 heavy (non-hydrogen) atoms. The monoisotopic (exact) mass is 271 g/mol. The van der Waals surface area contributed by atoms with Gasteiger partial charge in [-0.3, -0.25) is 9.78 Å². The normalized spacial score (nSPS) is 10.1. The van der Waals surface area contributed by atoms with Gasteiger partial charge in [0.15, 0.2) is 0 Å². The second kappa shape index (κ2) is 6.63. The number of aromatic nitrogens is 2. The number of hydrogen-bond acceptors (Lipinski definition) is 5. The van der Waals surface area contributed by atoms with Crippen LogP contribution in [0.25, 0.3) is 0 Å². The van der Waals surface area contributed by atoms with Crippen LogP contribution in [-0.2, 0) is 13.0 Å². The molecule has 104 valence electrons. The Bertz CT molecular complexity index is 600. The molecule has 4 N–H and O–H groups in total. The minimum absolute atomic E-state index is 0.255. The molecule has 6 heteroatoms. The second-order valence-electron chi connectivity index (χ2n) is 4.20. The molecule has 0 saturated carbocycles. The van der Waals surface area contributed by atoms with E-state index in [4.69, 9.17) is 5.84 Å². The van der Waals surface area contributed by atoms with Gasteiger partial charge in [-0.25, -0.2) is 10.8 Å². The fourth-order valence-corrected chi connectivity index (χ4v) is 1.85. The highest BCUT2D eigenvalue weighted by Gasteiger charge is 2.09. The molecule has 0 atom stereocenters. The number of hydrazine groups is 1. The summed E-state index contributed by atoms with van der Waals surface area (Å²) in [5.41, 5.74) is 4.72. The summed E-state index contributed by atoms with van der Waals surface area (Å²) in [6.07, 6.45) is 2.60. The van der Waals surface area contributed by atoms with Crippen molar-refractivity contribution in [3.63, 3.8) is 0 Å². The summed E-state index contributed by atoms with van der Waals surface area (Å²) < 4.78 is 0. The maximum Gasteiger partial charge on any atom is 0.270 e. The quantitative estimate of drug-likeness (QED) is 0.562. The van der Waals surface area contributed by atoms with Crippen LogP contribution < -0.4 is 16.6 Å². The lowest BCUT2D eigenvalue weighted by molar-refractivity contribution is 0.0945. The van der Waals surface area contributed by atoms with Gasteiger partial charge in [0.2, 0.25) is 0 Å². The summed E-state index contributed by atoms with van der Waals surface area (Å²) >= 11 is 0. The second-order valence-corrected chi connectivity index (χ2v) is 4.20. The van der Waals surface area contributed by atoms with E-state index in [1.54, 1.807) is 24.4 Å². The number of carbonyl (C=O) groups is 1. The van der Waals surface area contributed by atoms with E-state index >= 15 is 0 Å². The Morgan fingerprint density at radius 1 is 1.30 bits per heavy atom. The lowest BCUT2D eigenvalue weighted by Crippen LogP contribution is -2.25. The number of nitrogens with zero attached hydrogens (tertiary/aromatic N) is 2. The molecule has 0 radical (unpaired) electrons. The topological polar surface area (TPSA) is 92.9 Å². The molecule has 2 aromatic rings. The van der Waals surface area contributed by atoms with E-state index in [2.05, 4.69) is 27.6 Å². The molecule has 2 rings (SSSR count). The summed E-state index contributed by atoms with van der Waals surface area (Å²) in [6.45, 7) is 2.44. The van der Waals surface area contributed by atoms with Crippen molar-refractivity contribution >= 4 is 11.7 Å². The number of pyridine rings is 2. The zero-order valence-corrected chi connectivity index (χ0v) is 11.3. The zero-order chi connectivity index (χ0) is 14.4. The SMILES string of the molecule is CCc1cccnc1CNC(=O)c1cccc(NN)n1. The van der Waals surface area contributed by atoms with Gasteiger partial charge in [0.25, 0.3) is 5.91 Å². The smallest absolute Gasteiger partial charge is 0.270 e. The fraction of sp³-hybridized carbons (Fsp3) is 0.214. The Kier molecular flexibility index (Phi) is 4.62. The van der Waals surface area contributed by atoms with Crippen LogP contribution in [0.2, 0.25) is 0 Å². The van der Waals surface area contributed by atoms with Crippen molar-refractivity contribution in [3.8, 4) is 0 Å². The Hall–Kier alpha value is -2.47. The third-order valence-electron chi connectivity index (χ3n) is 2.91. The molecule has 0 saturated heterocycles. The molecule has 0 aliphatic heterocycles.